The Bertz CT molecular complexity index is 385. The maximum Gasteiger partial charge on any atom is 0.387 e. The second-order valence-electron chi connectivity index (χ2n) is 3.52. The highest BCUT2D eigenvalue weighted by Crippen LogP contribution is 2.15. The predicted molar refractivity (Wildman–Crippen MR) is 59.1 cm³/mol. The molecule has 0 unspecified atom stereocenters. The number of alkyl halides is 2. The van der Waals surface area contributed by atoms with Gasteiger partial charge < -0.3 is 15.8 Å². The van der Waals surface area contributed by atoms with Gasteiger partial charge >= 0.3 is 6.61 Å². The van der Waals surface area contributed by atoms with Crippen molar-refractivity contribution in [3.05, 3.63) is 29.8 Å². The van der Waals surface area contributed by atoms with Crippen molar-refractivity contribution in [3.8, 4) is 5.75 Å². The van der Waals surface area contributed by atoms with Crippen molar-refractivity contribution >= 4 is 5.91 Å². The normalized spacial score (nSPS) is 12.3. The average molecular weight is 244 g/mol. The number of carbonyl (C=O) groups is 1. The minimum atomic E-state index is -2.91. The monoisotopic (exact) mass is 244 g/mol. The van der Waals surface area contributed by atoms with Crippen LogP contribution in [0, 0.1) is 0 Å². The predicted octanol–water partition coefficient (Wildman–Crippen LogP) is 1.36. The minimum absolute atomic E-state index is 0.0481. The van der Waals surface area contributed by atoms with Crippen LogP contribution in [0.4, 0.5) is 8.78 Å². The van der Waals surface area contributed by atoms with E-state index in [1.807, 2.05) is 0 Å². The fraction of sp³-hybridized carbons (Fsp3) is 0.364. The van der Waals surface area contributed by atoms with Crippen molar-refractivity contribution in [2.75, 3.05) is 6.54 Å². The van der Waals surface area contributed by atoms with E-state index in [-0.39, 0.29) is 23.3 Å². The van der Waals surface area contributed by atoms with Gasteiger partial charge in [0.2, 0.25) is 0 Å². The molecule has 0 spiro atoms. The molecule has 1 aromatic carbocycles. The molecular weight excluding hydrogens is 230 g/mol. The fourth-order valence-electron chi connectivity index (χ4n) is 1.18. The van der Waals surface area contributed by atoms with E-state index in [9.17, 15) is 13.6 Å². The van der Waals surface area contributed by atoms with Crippen LogP contribution < -0.4 is 15.8 Å². The Morgan fingerprint density at radius 2 is 2.24 bits per heavy atom. The lowest BCUT2D eigenvalue weighted by Gasteiger charge is -2.12. The molecule has 6 heteroatoms. The number of benzene rings is 1. The van der Waals surface area contributed by atoms with Gasteiger partial charge in [0.25, 0.3) is 5.91 Å². The van der Waals surface area contributed by atoms with Crippen LogP contribution in [0.25, 0.3) is 0 Å². The Kier molecular flexibility index (Phi) is 4.84. The van der Waals surface area contributed by atoms with Crippen LogP contribution in [0.5, 0.6) is 5.75 Å². The highest BCUT2D eigenvalue weighted by atomic mass is 19.3. The zero-order chi connectivity index (χ0) is 12.8. The minimum Gasteiger partial charge on any atom is -0.435 e. The fourth-order valence-corrected chi connectivity index (χ4v) is 1.18. The smallest absolute Gasteiger partial charge is 0.387 e. The Morgan fingerprint density at radius 3 is 2.82 bits per heavy atom. The molecular formula is C11H14F2N2O2. The van der Waals surface area contributed by atoms with Gasteiger partial charge in [0.05, 0.1) is 0 Å². The Morgan fingerprint density at radius 1 is 1.53 bits per heavy atom. The first-order valence-corrected chi connectivity index (χ1v) is 5.08. The Balaban J connectivity index is 2.73. The number of ether oxygens (including phenoxy) is 1. The standard InChI is InChI=1S/C11H14F2N2O2/c1-7(6-14)15-10(16)8-3-2-4-9(5-8)17-11(12)13/h2-5,7,11H,6,14H2,1H3,(H,15,16)/t7-/m0/s1. The second-order valence-corrected chi connectivity index (χ2v) is 3.52. The third kappa shape index (κ3) is 4.36. The van der Waals surface area contributed by atoms with Crippen LogP contribution in [0.1, 0.15) is 17.3 Å². The lowest BCUT2D eigenvalue weighted by atomic mass is 10.2. The zero-order valence-corrected chi connectivity index (χ0v) is 9.32. The van der Waals surface area contributed by atoms with E-state index >= 15 is 0 Å². The van der Waals surface area contributed by atoms with Crippen molar-refractivity contribution in [1.82, 2.24) is 5.32 Å². The number of nitrogens with two attached hydrogens (primary N) is 1. The van der Waals surface area contributed by atoms with Crippen LogP contribution in [-0.2, 0) is 0 Å². The number of rotatable bonds is 5. The van der Waals surface area contributed by atoms with Crippen LogP contribution in [0.15, 0.2) is 24.3 Å². The summed E-state index contributed by atoms with van der Waals surface area (Å²) in [7, 11) is 0. The summed E-state index contributed by atoms with van der Waals surface area (Å²) in [5.41, 5.74) is 5.61. The number of carbonyl (C=O) groups excluding carboxylic acids is 1. The van der Waals surface area contributed by atoms with Crippen molar-refractivity contribution in [2.45, 2.75) is 19.6 Å². The molecule has 1 aromatic rings. The molecule has 17 heavy (non-hydrogen) atoms. The summed E-state index contributed by atoms with van der Waals surface area (Å²) < 4.78 is 28.2. The largest absolute Gasteiger partial charge is 0.435 e. The molecule has 0 aliphatic heterocycles. The van der Waals surface area contributed by atoms with E-state index in [0.717, 1.165) is 0 Å². The summed E-state index contributed by atoms with van der Waals surface area (Å²) in [4.78, 5) is 11.6. The van der Waals surface area contributed by atoms with Crippen LogP contribution in [-0.4, -0.2) is 25.1 Å². The molecule has 1 atom stereocenters. The van der Waals surface area contributed by atoms with Gasteiger partial charge in [-0.3, -0.25) is 4.79 Å². The van der Waals surface area contributed by atoms with Crippen molar-refractivity contribution in [3.63, 3.8) is 0 Å². The highest BCUT2D eigenvalue weighted by Gasteiger charge is 2.11. The van der Waals surface area contributed by atoms with Crippen molar-refractivity contribution in [1.29, 1.82) is 0 Å². The van der Waals surface area contributed by atoms with E-state index in [1.165, 1.54) is 24.3 Å². The molecule has 3 N–H and O–H groups in total. The van der Waals surface area contributed by atoms with Crippen LogP contribution in [0.3, 0.4) is 0 Å². The summed E-state index contributed by atoms with van der Waals surface area (Å²) in [5, 5.41) is 2.62. The van der Waals surface area contributed by atoms with Gasteiger partial charge in [-0.2, -0.15) is 8.78 Å². The van der Waals surface area contributed by atoms with Gasteiger partial charge in [-0.1, -0.05) is 6.07 Å². The van der Waals surface area contributed by atoms with Gasteiger partial charge in [-0.05, 0) is 25.1 Å². The molecule has 1 rings (SSSR count). The molecule has 0 saturated heterocycles. The van der Waals surface area contributed by atoms with Gasteiger partial charge in [0.15, 0.2) is 0 Å². The number of hydrogen-bond acceptors (Lipinski definition) is 3. The number of hydrogen-bond donors (Lipinski definition) is 2. The molecule has 1 amide bonds. The summed E-state index contributed by atoms with van der Waals surface area (Å²) in [6.07, 6.45) is 0. The SMILES string of the molecule is C[C@@H](CN)NC(=O)c1cccc(OC(F)F)c1. The van der Waals surface area contributed by atoms with Gasteiger partial charge in [0.1, 0.15) is 5.75 Å². The van der Waals surface area contributed by atoms with Crippen LogP contribution >= 0.6 is 0 Å². The summed E-state index contributed by atoms with van der Waals surface area (Å²) in [5.74, 6) is -0.421. The molecule has 0 bridgehead atoms. The van der Waals surface area contributed by atoms with Gasteiger partial charge in [-0.15, -0.1) is 0 Å². The average Bonchev–Trinajstić information content (AvgIpc) is 2.28. The molecule has 0 heterocycles. The summed E-state index contributed by atoms with van der Waals surface area (Å²) in [6, 6.07) is 5.42. The van der Waals surface area contributed by atoms with E-state index < -0.39 is 6.61 Å². The van der Waals surface area contributed by atoms with E-state index in [4.69, 9.17) is 5.73 Å². The quantitative estimate of drug-likeness (QED) is 0.822. The molecule has 0 radical (unpaired) electrons. The zero-order valence-electron chi connectivity index (χ0n) is 9.32. The van der Waals surface area contributed by atoms with Crippen LogP contribution in [0.2, 0.25) is 0 Å². The Labute approximate surface area is 97.8 Å². The van der Waals surface area contributed by atoms with Gasteiger partial charge in [-0.25, -0.2) is 0 Å². The van der Waals surface area contributed by atoms with E-state index in [0.29, 0.717) is 6.54 Å². The van der Waals surface area contributed by atoms with E-state index in [2.05, 4.69) is 10.1 Å². The molecule has 4 nitrogen and oxygen atoms in total. The molecule has 94 valence electrons. The maximum absolute atomic E-state index is 12.0. The molecule has 0 aromatic heterocycles. The number of halogens is 2. The first-order chi connectivity index (χ1) is 8.02. The van der Waals surface area contributed by atoms with Crippen molar-refractivity contribution < 1.29 is 18.3 Å². The first-order valence-electron chi connectivity index (χ1n) is 5.08. The lowest BCUT2D eigenvalue weighted by molar-refractivity contribution is -0.0498. The third-order valence-electron chi connectivity index (χ3n) is 2.05. The number of nitrogens with one attached hydrogen (secondary N) is 1. The molecule has 0 aliphatic rings. The molecule has 0 saturated carbocycles. The van der Waals surface area contributed by atoms with Crippen molar-refractivity contribution in [2.24, 2.45) is 5.73 Å². The molecule has 0 aliphatic carbocycles. The second kappa shape index (κ2) is 6.15. The maximum atomic E-state index is 12.0. The van der Waals surface area contributed by atoms with E-state index in [1.54, 1.807) is 6.92 Å². The highest BCUT2D eigenvalue weighted by molar-refractivity contribution is 5.94. The lowest BCUT2D eigenvalue weighted by Crippen LogP contribution is -2.37. The van der Waals surface area contributed by atoms with Gasteiger partial charge in [0, 0.05) is 18.2 Å². The third-order valence-corrected chi connectivity index (χ3v) is 2.05. The summed E-state index contributed by atoms with van der Waals surface area (Å²) in [6.45, 7) is -0.854. The number of amides is 1. The first kappa shape index (κ1) is 13.4. The summed E-state index contributed by atoms with van der Waals surface area (Å²) >= 11 is 0. The topological polar surface area (TPSA) is 64.3 Å². The Hall–Kier alpha value is -1.69. The molecule has 0 fully saturated rings.